The molecule has 0 saturated heterocycles. The molecule has 0 fully saturated rings. The molecule has 1 N–H and O–H groups in total. The Morgan fingerprint density at radius 3 is 2.94 bits per heavy atom. The van der Waals surface area contributed by atoms with E-state index < -0.39 is 0 Å². The molecule has 0 aliphatic rings. The number of rotatable bonds is 2. The van der Waals surface area contributed by atoms with Crippen LogP contribution >= 0.6 is 15.9 Å². The molecule has 0 aliphatic carbocycles. The smallest absolute Gasteiger partial charge is 0.238 e. The number of halogens is 1. The van der Waals surface area contributed by atoms with Gasteiger partial charge in [-0.15, -0.1) is 0 Å². The molecule has 0 heterocycles. The van der Waals surface area contributed by atoms with Crippen molar-refractivity contribution in [1.82, 2.24) is 0 Å². The van der Waals surface area contributed by atoms with Gasteiger partial charge in [0.15, 0.2) is 0 Å². The van der Waals surface area contributed by atoms with Gasteiger partial charge in [0.1, 0.15) is 6.42 Å². The van der Waals surface area contributed by atoms with Crippen LogP contribution in [0.5, 0.6) is 0 Å². The maximum atomic E-state index is 11.3. The van der Waals surface area contributed by atoms with Crippen molar-refractivity contribution in [2.45, 2.75) is 6.42 Å². The van der Waals surface area contributed by atoms with Crippen molar-refractivity contribution >= 4 is 38.3 Å². The summed E-state index contributed by atoms with van der Waals surface area (Å²) in [6, 6.07) is 13.3. The molecule has 17 heavy (non-hydrogen) atoms. The zero-order chi connectivity index (χ0) is 12.3. The maximum absolute atomic E-state index is 11.3. The second-order valence-electron chi connectivity index (χ2n) is 3.56. The van der Waals surface area contributed by atoms with Gasteiger partial charge in [-0.25, -0.2) is 0 Å². The van der Waals surface area contributed by atoms with Crippen molar-refractivity contribution < 1.29 is 4.79 Å². The second-order valence-corrected chi connectivity index (χ2v) is 4.41. The quantitative estimate of drug-likeness (QED) is 0.920. The first-order valence-corrected chi connectivity index (χ1v) is 5.85. The van der Waals surface area contributed by atoms with Gasteiger partial charge in [-0.3, -0.25) is 4.79 Å². The van der Waals surface area contributed by atoms with Gasteiger partial charge < -0.3 is 5.32 Å². The molecule has 0 aliphatic heterocycles. The Morgan fingerprint density at radius 2 is 2.18 bits per heavy atom. The molecule has 2 aromatic carbocycles. The lowest BCUT2D eigenvalue weighted by atomic mass is 10.1. The summed E-state index contributed by atoms with van der Waals surface area (Å²) in [4.78, 5) is 11.3. The zero-order valence-corrected chi connectivity index (χ0v) is 10.5. The number of nitrogens with zero attached hydrogens (tertiary/aromatic N) is 1. The van der Waals surface area contributed by atoms with Crippen LogP contribution in [0, 0.1) is 11.3 Å². The van der Waals surface area contributed by atoms with Crippen LogP contribution in [0.3, 0.4) is 0 Å². The van der Waals surface area contributed by atoms with Crippen molar-refractivity contribution in [2.24, 2.45) is 0 Å². The van der Waals surface area contributed by atoms with Gasteiger partial charge in [0.05, 0.1) is 6.07 Å². The number of nitrogens with one attached hydrogen (secondary N) is 1. The highest BCUT2D eigenvalue weighted by atomic mass is 79.9. The fraction of sp³-hybridized carbons (Fsp3) is 0.0769. The van der Waals surface area contributed by atoms with Crippen molar-refractivity contribution in [3.05, 3.63) is 40.9 Å². The predicted molar refractivity (Wildman–Crippen MR) is 70.5 cm³/mol. The standard InChI is InChI=1S/C13H9BrN2O/c14-12-3-1-2-9-8-10(4-5-11(9)12)16-13(17)6-7-15/h1-5,8H,6H2,(H,16,17). The molecule has 84 valence electrons. The van der Waals surface area contributed by atoms with E-state index in [4.69, 9.17) is 5.26 Å². The number of anilines is 1. The van der Waals surface area contributed by atoms with E-state index in [1.165, 1.54) is 0 Å². The van der Waals surface area contributed by atoms with Gasteiger partial charge >= 0.3 is 0 Å². The van der Waals surface area contributed by atoms with Crippen LogP contribution in [-0.2, 0) is 4.79 Å². The van der Waals surface area contributed by atoms with E-state index in [9.17, 15) is 4.79 Å². The third kappa shape index (κ3) is 2.63. The molecule has 1 amide bonds. The molecule has 2 aromatic rings. The van der Waals surface area contributed by atoms with E-state index >= 15 is 0 Å². The van der Waals surface area contributed by atoms with Crippen molar-refractivity contribution in [2.75, 3.05) is 5.32 Å². The fourth-order valence-electron chi connectivity index (χ4n) is 1.60. The topological polar surface area (TPSA) is 52.9 Å². The number of hydrogen-bond donors (Lipinski definition) is 1. The van der Waals surface area contributed by atoms with Crippen LogP contribution in [0.1, 0.15) is 6.42 Å². The summed E-state index contributed by atoms with van der Waals surface area (Å²) in [5, 5.41) is 13.2. The number of carbonyl (C=O) groups excluding carboxylic acids is 1. The molecule has 3 nitrogen and oxygen atoms in total. The van der Waals surface area contributed by atoms with Gasteiger partial charge in [-0.05, 0) is 29.0 Å². The summed E-state index contributed by atoms with van der Waals surface area (Å²) in [6.45, 7) is 0. The van der Waals surface area contributed by atoms with Crippen LogP contribution in [0.15, 0.2) is 40.9 Å². The highest BCUT2D eigenvalue weighted by Gasteiger charge is 2.03. The first kappa shape index (κ1) is 11.6. The van der Waals surface area contributed by atoms with Crippen molar-refractivity contribution in [3.63, 3.8) is 0 Å². The molecule has 0 radical (unpaired) electrons. The lowest BCUT2D eigenvalue weighted by Crippen LogP contribution is -2.09. The first-order valence-electron chi connectivity index (χ1n) is 5.06. The number of hydrogen-bond acceptors (Lipinski definition) is 2. The summed E-state index contributed by atoms with van der Waals surface area (Å²) in [5.41, 5.74) is 0.704. The largest absolute Gasteiger partial charge is 0.325 e. The average molecular weight is 289 g/mol. The predicted octanol–water partition coefficient (Wildman–Crippen LogP) is 3.45. The molecule has 0 bridgehead atoms. The fourth-order valence-corrected chi connectivity index (χ4v) is 2.11. The molecule has 0 spiro atoms. The molecule has 0 aromatic heterocycles. The Balaban J connectivity index is 2.33. The van der Waals surface area contributed by atoms with Crippen LogP contribution in [-0.4, -0.2) is 5.91 Å². The van der Waals surface area contributed by atoms with Crippen LogP contribution in [0.25, 0.3) is 10.8 Å². The summed E-state index contributed by atoms with van der Waals surface area (Å²) in [6.07, 6.45) is -0.128. The van der Waals surface area contributed by atoms with Crippen LogP contribution in [0.2, 0.25) is 0 Å². The van der Waals surface area contributed by atoms with Crippen LogP contribution < -0.4 is 5.32 Å². The molecule has 0 unspecified atom stereocenters. The Bertz CT molecular complexity index is 616. The third-order valence-electron chi connectivity index (χ3n) is 2.35. The molecule has 0 atom stereocenters. The Hall–Kier alpha value is -1.86. The van der Waals surface area contributed by atoms with Gasteiger partial charge in [0, 0.05) is 10.2 Å². The highest BCUT2D eigenvalue weighted by Crippen LogP contribution is 2.26. The third-order valence-corrected chi connectivity index (χ3v) is 3.04. The molecule has 4 heteroatoms. The Morgan fingerprint density at radius 1 is 1.35 bits per heavy atom. The molecule has 0 saturated carbocycles. The van der Waals surface area contributed by atoms with Gasteiger partial charge in [-0.2, -0.15) is 5.26 Å². The van der Waals surface area contributed by atoms with Crippen LogP contribution in [0.4, 0.5) is 5.69 Å². The maximum Gasteiger partial charge on any atom is 0.238 e. The number of fused-ring (bicyclic) bond motifs is 1. The first-order chi connectivity index (χ1) is 8.20. The van der Waals surface area contributed by atoms with E-state index in [1.54, 1.807) is 0 Å². The monoisotopic (exact) mass is 288 g/mol. The SMILES string of the molecule is N#CCC(=O)Nc1ccc2c(Br)cccc2c1. The average Bonchev–Trinajstić information content (AvgIpc) is 2.29. The van der Waals surface area contributed by atoms with E-state index in [0.29, 0.717) is 5.69 Å². The lowest BCUT2D eigenvalue weighted by molar-refractivity contribution is -0.115. The van der Waals surface area contributed by atoms with E-state index in [0.717, 1.165) is 15.2 Å². The minimum Gasteiger partial charge on any atom is -0.325 e. The van der Waals surface area contributed by atoms with Crippen molar-refractivity contribution in [3.8, 4) is 6.07 Å². The summed E-state index contributed by atoms with van der Waals surface area (Å²) in [7, 11) is 0. The van der Waals surface area contributed by atoms with E-state index in [2.05, 4.69) is 21.2 Å². The van der Waals surface area contributed by atoms with E-state index in [-0.39, 0.29) is 12.3 Å². The Labute approximate surface area is 107 Å². The Kier molecular flexibility index (Phi) is 3.40. The summed E-state index contributed by atoms with van der Waals surface area (Å²) >= 11 is 3.47. The number of amides is 1. The molecular formula is C13H9BrN2O. The van der Waals surface area contributed by atoms with Gasteiger partial charge in [0.25, 0.3) is 0 Å². The highest BCUT2D eigenvalue weighted by molar-refractivity contribution is 9.10. The second kappa shape index (κ2) is 4.98. The molecule has 2 rings (SSSR count). The summed E-state index contributed by atoms with van der Waals surface area (Å²) < 4.78 is 1.02. The normalized spacial score (nSPS) is 9.88. The minimum atomic E-state index is -0.290. The van der Waals surface area contributed by atoms with Gasteiger partial charge in [0.2, 0.25) is 5.91 Å². The molecular weight excluding hydrogens is 280 g/mol. The lowest BCUT2D eigenvalue weighted by Gasteiger charge is -2.05. The van der Waals surface area contributed by atoms with E-state index in [1.807, 2.05) is 42.5 Å². The van der Waals surface area contributed by atoms with Crippen molar-refractivity contribution in [1.29, 1.82) is 5.26 Å². The summed E-state index contributed by atoms with van der Waals surface area (Å²) in [5.74, 6) is -0.290. The number of nitriles is 1. The minimum absolute atomic E-state index is 0.128. The zero-order valence-electron chi connectivity index (χ0n) is 8.90. The number of carbonyl (C=O) groups is 1. The number of benzene rings is 2. The van der Waals surface area contributed by atoms with Gasteiger partial charge in [-0.1, -0.05) is 34.1 Å².